The van der Waals surface area contributed by atoms with Gasteiger partial charge in [0.05, 0.1) is 0 Å². The highest BCUT2D eigenvalue weighted by molar-refractivity contribution is 6.04. The minimum absolute atomic E-state index is 0.176. The van der Waals surface area contributed by atoms with E-state index >= 15 is 0 Å². The van der Waals surface area contributed by atoms with Crippen molar-refractivity contribution in [2.75, 3.05) is 6.61 Å². The molecule has 0 fully saturated rings. The van der Waals surface area contributed by atoms with Gasteiger partial charge in [-0.2, -0.15) is 0 Å². The number of ether oxygens (including phenoxy) is 1. The first-order chi connectivity index (χ1) is 9.45. The summed E-state index contributed by atoms with van der Waals surface area (Å²) in [5.74, 6) is 0.316. The van der Waals surface area contributed by atoms with Crippen LogP contribution in [-0.4, -0.2) is 23.0 Å². The van der Waals surface area contributed by atoms with Gasteiger partial charge in [0.15, 0.2) is 17.8 Å². The Balaban J connectivity index is 2.41. The summed E-state index contributed by atoms with van der Waals surface area (Å²) < 4.78 is 10.9. The molecule has 0 aliphatic heterocycles. The highest BCUT2D eigenvalue weighted by atomic mass is 16.5. The Kier molecular flexibility index (Phi) is 4.04. The van der Waals surface area contributed by atoms with Crippen LogP contribution in [0.1, 0.15) is 36.8 Å². The lowest BCUT2D eigenvalue weighted by Crippen LogP contribution is -2.35. The molecule has 4 heteroatoms. The molecule has 0 bridgehead atoms. The average Bonchev–Trinajstić information content (AvgIpc) is 2.86. The molecule has 20 heavy (non-hydrogen) atoms. The first-order valence-electron chi connectivity index (χ1n) is 6.65. The Morgan fingerprint density at radius 1 is 1.40 bits per heavy atom. The zero-order valence-electron chi connectivity index (χ0n) is 12.3. The standard InChI is InChI=1S/C16H19NO3/c1-5-20-16(3,4)15(18)13-14(19-10-17-13)12-8-6-7-11(2)9-12/h6-10H,5H2,1-4H3. The fourth-order valence-corrected chi connectivity index (χ4v) is 2.11. The first kappa shape index (κ1) is 14.5. The predicted octanol–water partition coefficient (Wildman–Crippen LogP) is 3.65. The van der Waals surface area contributed by atoms with Gasteiger partial charge in [0.1, 0.15) is 5.60 Å². The third-order valence-electron chi connectivity index (χ3n) is 3.11. The maximum absolute atomic E-state index is 12.5. The molecule has 0 unspecified atom stereocenters. The molecule has 1 heterocycles. The number of Topliss-reactive ketones (excluding diaryl/α,β-unsaturated/α-hetero) is 1. The predicted molar refractivity (Wildman–Crippen MR) is 76.7 cm³/mol. The topological polar surface area (TPSA) is 52.3 Å². The SMILES string of the molecule is CCOC(C)(C)C(=O)c1ncoc1-c1cccc(C)c1. The van der Waals surface area contributed by atoms with E-state index in [4.69, 9.17) is 9.15 Å². The van der Waals surface area contributed by atoms with Crippen LogP contribution in [0.25, 0.3) is 11.3 Å². The highest BCUT2D eigenvalue weighted by Gasteiger charge is 2.33. The van der Waals surface area contributed by atoms with Crippen LogP contribution in [0.3, 0.4) is 0 Å². The van der Waals surface area contributed by atoms with E-state index in [0.29, 0.717) is 18.1 Å². The van der Waals surface area contributed by atoms with Crippen LogP contribution < -0.4 is 0 Å². The number of hydrogen-bond donors (Lipinski definition) is 0. The van der Waals surface area contributed by atoms with Gasteiger partial charge in [-0.15, -0.1) is 0 Å². The maximum atomic E-state index is 12.5. The number of aromatic nitrogens is 1. The molecule has 0 N–H and O–H groups in total. The lowest BCUT2D eigenvalue weighted by Gasteiger charge is -2.22. The second-order valence-electron chi connectivity index (χ2n) is 5.17. The third kappa shape index (κ3) is 2.80. The summed E-state index contributed by atoms with van der Waals surface area (Å²) >= 11 is 0. The Morgan fingerprint density at radius 2 is 2.15 bits per heavy atom. The minimum atomic E-state index is -0.913. The average molecular weight is 273 g/mol. The van der Waals surface area contributed by atoms with E-state index in [9.17, 15) is 4.79 Å². The number of nitrogens with zero attached hydrogens (tertiary/aromatic N) is 1. The van der Waals surface area contributed by atoms with Crippen molar-refractivity contribution in [3.63, 3.8) is 0 Å². The highest BCUT2D eigenvalue weighted by Crippen LogP contribution is 2.27. The molecule has 0 aliphatic rings. The zero-order valence-corrected chi connectivity index (χ0v) is 12.3. The molecule has 1 aromatic heterocycles. The first-order valence-corrected chi connectivity index (χ1v) is 6.65. The van der Waals surface area contributed by atoms with Crippen LogP contribution >= 0.6 is 0 Å². The summed E-state index contributed by atoms with van der Waals surface area (Å²) in [4.78, 5) is 16.6. The number of carbonyl (C=O) groups excluding carboxylic acids is 1. The van der Waals surface area contributed by atoms with Crippen molar-refractivity contribution in [1.82, 2.24) is 4.98 Å². The maximum Gasteiger partial charge on any atom is 0.216 e. The molecule has 0 aliphatic carbocycles. The van der Waals surface area contributed by atoms with Gasteiger partial charge in [0, 0.05) is 12.2 Å². The van der Waals surface area contributed by atoms with Gasteiger partial charge in [-0.05, 0) is 33.8 Å². The number of aryl methyl sites for hydroxylation is 1. The van der Waals surface area contributed by atoms with Crippen LogP contribution in [0.2, 0.25) is 0 Å². The fraction of sp³-hybridized carbons (Fsp3) is 0.375. The number of rotatable bonds is 5. The monoisotopic (exact) mass is 273 g/mol. The van der Waals surface area contributed by atoms with Crippen molar-refractivity contribution in [3.8, 4) is 11.3 Å². The summed E-state index contributed by atoms with van der Waals surface area (Å²) in [6.07, 6.45) is 1.30. The summed E-state index contributed by atoms with van der Waals surface area (Å²) in [7, 11) is 0. The normalized spacial score (nSPS) is 11.6. The van der Waals surface area contributed by atoms with Gasteiger partial charge in [-0.25, -0.2) is 4.98 Å². The Morgan fingerprint density at radius 3 is 2.80 bits per heavy atom. The van der Waals surface area contributed by atoms with Crippen LogP contribution in [0.15, 0.2) is 35.1 Å². The van der Waals surface area contributed by atoms with Crippen molar-refractivity contribution < 1.29 is 13.9 Å². The molecule has 2 rings (SSSR count). The summed E-state index contributed by atoms with van der Waals surface area (Å²) in [5.41, 5.74) is 1.35. The molecule has 106 valence electrons. The van der Waals surface area contributed by atoms with E-state index in [-0.39, 0.29) is 5.78 Å². The number of benzene rings is 1. The summed E-state index contributed by atoms with van der Waals surface area (Å²) in [5, 5.41) is 0. The lowest BCUT2D eigenvalue weighted by molar-refractivity contribution is 0.000932. The molecule has 0 atom stereocenters. The molecule has 0 radical (unpaired) electrons. The van der Waals surface area contributed by atoms with Crippen molar-refractivity contribution in [1.29, 1.82) is 0 Å². The zero-order chi connectivity index (χ0) is 14.8. The molecule has 0 amide bonds. The molecule has 0 saturated carbocycles. The van der Waals surface area contributed by atoms with Crippen molar-refractivity contribution >= 4 is 5.78 Å². The van der Waals surface area contributed by atoms with E-state index in [0.717, 1.165) is 11.1 Å². The van der Waals surface area contributed by atoms with Crippen LogP contribution in [0.4, 0.5) is 0 Å². The summed E-state index contributed by atoms with van der Waals surface area (Å²) in [6.45, 7) is 7.81. The molecule has 4 nitrogen and oxygen atoms in total. The van der Waals surface area contributed by atoms with E-state index < -0.39 is 5.60 Å². The van der Waals surface area contributed by atoms with Gasteiger partial charge in [-0.3, -0.25) is 4.79 Å². The number of hydrogen-bond acceptors (Lipinski definition) is 4. The van der Waals surface area contributed by atoms with E-state index in [1.165, 1.54) is 6.39 Å². The van der Waals surface area contributed by atoms with Gasteiger partial charge < -0.3 is 9.15 Å². The second kappa shape index (κ2) is 5.59. The largest absolute Gasteiger partial charge is 0.443 e. The smallest absolute Gasteiger partial charge is 0.216 e. The number of carbonyl (C=O) groups is 1. The molecule has 2 aromatic rings. The molecule has 1 aromatic carbocycles. The minimum Gasteiger partial charge on any atom is -0.443 e. The van der Waals surface area contributed by atoms with Gasteiger partial charge in [-0.1, -0.05) is 23.8 Å². The molecular weight excluding hydrogens is 254 g/mol. The quantitative estimate of drug-likeness (QED) is 0.780. The van der Waals surface area contributed by atoms with E-state index in [2.05, 4.69) is 4.98 Å². The molecule has 0 spiro atoms. The fourth-order valence-electron chi connectivity index (χ4n) is 2.11. The third-order valence-corrected chi connectivity index (χ3v) is 3.11. The lowest BCUT2D eigenvalue weighted by atomic mass is 9.97. The Hall–Kier alpha value is -1.94. The van der Waals surface area contributed by atoms with Gasteiger partial charge in [0.25, 0.3) is 0 Å². The van der Waals surface area contributed by atoms with Crippen molar-refractivity contribution in [2.45, 2.75) is 33.3 Å². The van der Waals surface area contributed by atoms with Gasteiger partial charge >= 0.3 is 0 Å². The van der Waals surface area contributed by atoms with Crippen molar-refractivity contribution in [2.24, 2.45) is 0 Å². The number of oxazole rings is 1. The van der Waals surface area contributed by atoms with Crippen molar-refractivity contribution in [3.05, 3.63) is 41.9 Å². The molecular formula is C16H19NO3. The number of ketones is 1. The summed E-state index contributed by atoms with van der Waals surface area (Å²) in [6, 6.07) is 7.78. The second-order valence-corrected chi connectivity index (χ2v) is 5.17. The van der Waals surface area contributed by atoms with Crippen LogP contribution in [0.5, 0.6) is 0 Å². The Bertz CT molecular complexity index is 614. The van der Waals surface area contributed by atoms with E-state index in [1.54, 1.807) is 13.8 Å². The molecule has 0 saturated heterocycles. The van der Waals surface area contributed by atoms with Crippen LogP contribution in [0, 0.1) is 6.92 Å². The Labute approximate surface area is 118 Å². The van der Waals surface area contributed by atoms with Crippen LogP contribution in [-0.2, 0) is 4.74 Å². The van der Waals surface area contributed by atoms with Gasteiger partial charge in [0.2, 0.25) is 5.78 Å². The van der Waals surface area contributed by atoms with E-state index in [1.807, 2.05) is 38.1 Å².